The molecule has 0 saturated heterocycles. The number of pyridine rings is 1. The molecule has 0 fully saturated rings. The van der Waals surface area contributed by atoms with E-state index >= 15 is 0 Å². The van der Waals surface area contributed by atoms with Crippen LogP contribution < -0.4 is 11.1 Å². The second-order valence-electron chi connectivity index (χ2n) is 3.42. The van der Waals surface area contributed by atoms with E-state index in [0.717, 1.165) is 0 Å². The Morgan fingerprint density at radius 3 is 2.76 bits per heavy atom. The van der Waals surface area contributed by atoms with E-state index in [1.165, 1.54) is 12.3 Å². The predicted molar refractivity (Wildman–Crippen MR) is 62.2 cm³/mol. The highest BCUT2D eigenvalue weighted by atomic mass is 16.5. The Labute approximate surface area is 99.2 Å². The Bertz CT molecular complexity index is 403. The average Bonchev–Trinajstić information content (AvgIpc) is 2.30. The van der Waals surface area contributed by atoms with E-state index in [1.807, 2.05) is 0 Å². The number of esters is 1. The lowest BCUT2D eigenvalue weighted by Gasteiger charge is -2.12. The summed E-state index contributed by atoms with van der Waals surface area (Å²) in [7, 11) is 0. The molecule has 1 aromatic heterocycles. The molecule has 1 amide bonds. The molecule has 0 aliphatic rings. The van der Waals surface area contributed by atoms with Crippen molar-refractivity contribution in [3.63, 3.8) is 0 Å². The van der Waals surface area contributed by atoms with Gasteiger partial charge in [0.25, 0.3) is 5.91 Å². The zero-order valence-electron chi connectivity index (χ0n) is 9.77. The quantitative estimate of drug-likeness (QED) is 0.736. The molecule has 6 heteroatoms. The molecule has 0 radical (unpaired) electrons. The monoisotopic (exact) mass is 237 g/mol. The average molecular weight is 237 g/mol. The second-order valence-corrected chi connectivity index (χ2v) is 3.42. The molecule has 0 spiro atoms. The van der Waals surface area contributed by atoms with Crippen LogP contribution in [-0.4, -0.2) is 29.5 Å². The van der Waals surface area contributed by atoms with Gasteiger partial charge in [-0.05, 0) is 26.0 Å². The maximum Gasteiger partial charge on any atom is 0.328 e. The van der Waals surface area contributed by atoms with Crippen LogP contribution in [0, 0.1) is 0 Å². The minimum absolute atomic E-state index is 0.204. The third-order valence-electron chi connectivity index (χ3n) is 2.01. The predicted octanol–water partition coefficient (Wildman–Crippen LogP) is 0.345. The molecule has 1 heterocycles. The maximum absolute atomic E-state index is 11.7. The number of amides is 1. The summed E-state index contributed by atoms with van der Waals surface area (Å²) in [4.78, 5) is 26.8. The summed E-state index contributed by atoms with van der Waals surface area (Å²) in [6.45, 7) is 3.53. The molecule has 1 unspecified atom stereocenters. The number of hydrogen-bond donors (Lipinski definition) is 2. The first kappa shape index (κ1) is 13.0. The highest BCUT2D eigenvalue weighted by molar-refractivity contribution is 5.95. The molecule has 1 rings (SSSR count). The molecule has 6 nitrogen and oxygen atoms in total. The summed E-state index contributed by atoms with van der Waals surface area (Å²) >= 11 is 0. The van der Waals surface area contributed by atoms with Crippen LogP contribution in [-0.2, 0) is 9.53 Å². The molecule has 17 heavy (non-hydrogen) atoms. The molecule has 0 aromatic carbocycles. The van der Waals surface area contributed by atoms with Gasteiger partial charge in [0.05, 0.1) is 18.5 Å². The normalized spacial score (nSPS) is 11.6. The minimum atomic E-state index is -0.707. The second kappa shape index (κ2) is 5.83. The van der Waals surface area contributed by atoms with E-state index in [-0.39, 0.29) is 12.3 Å². The first-order valence-corrected chi connectivity index (χ1v) is 5.23. The summed E-state index contributed by atoms with van der Waals surface area (Å²) in [5.41, 5.74) is 6.12. The van der Waals surface area contributed by atoms with E-state index in [2.05, 4.69) is 10.3 Å². The molecule has 1 atom stereocenters. The zero-order valence-corrected chi connectivity index (χ0v) is 9.77. The van der Waals surface area contributed by atoms with E-state index < -0.39 is 17.9 Å². The maximum atomic E-state index is 11.7. The van der Waals surface area contributed by atoms with Gasteiger partial charge in [-0.2, -0.15) is 0 Å². The van der Waals surface area contributed by atoms with Crippen LogP contribution in [0.3, 0.4) is 0 Å². The van der Waals surface area contributed by atoms with Gasteiger partial charge in [0, 0.05) is 0 Å². The van der Waals surface area contributed by atoms with Crippen LogP contribution in [0.5, 0.6) is 0 Å². The lowest BCUT2D eigenvalue weighted by atomic mass is 10.3. The molecule has 0 aliphatic heterocycles. The Morgan fingerprint density at radius 1 is 1.53 bits per heavy atom. The number of nitrogens with zero attached hydrogens (tertiary/aromatic N) is 1. The fraction of sp³-hybridized carbons (Fsp3) is 0.364. The molecular formula is C11H15N3O3. The summed E-state index contributed by atoms with van der Waals surface area (Å²) in [6.07, 6.45) is 1.38. The number of aromatic nitrogens is 1. The number of anilines is 1. The Morgan fingerprint density at radius 2 is 2.24 bits per heavy atom. The zero-order chi connectivity index (χ0) is 12.8. The number of carbonyl (C=O) groups excluding carboxylic acids is 2. The smallest absolute Gasteiger partial charge is 0.328 e. The van der Waals surface area contributed by atoms with Crippen LogP contribution in [0.25, 0.3) is 0 Å². The first-order chi connectivity index (χ1) is 8.04. The van der Waals surface area contributed by atoms with Gasteiger partial charge in [0.2, 0.25) is 0 Å². The van der Waals surface area contributed by atoms with Crippen molar-refractivity contribution >= 4 is 17.6 Å². The van der Waals surface area contributed by atoms with Crippen molar-refractivity contribution in [2.24, 2.45) is 0 Å². The summed E-state index contributed by atoms with van der Waals surface area (Å²) in [5.74, 6) is -0.915. The number of nitrogens with two attached hydrogens (primary N) is 1. The number of nitrogen functional groups attached to an aromatic ring is 1. The number of carbonyl (C=O) groups is 2. The molecule has 92 valence electrons. The van der Waals surface area contributed by atoms with Crippen LogP contribution in [0.2, 0.25) is 0 Å². The summed E-state index contributed by atoms with van der Waals surface area (Å²) in [6, 6.07) is 2.35. The van der Waals surface area contributed by atoms with Crippen molar-refractivity contribution in [3.8, 4) is 0 Å². The van der Waals surface area contributed by atoms with Crippen molar-refractivity contribution in [2.75, 3.05) is 12.3 Å². The van der Waals surface area contributed by atoms with Crippen LogP contribution in [0.1, 0.15) is 24.3 Å². The Kier molecular flexibility index (Phi) is 4.45. The van der Waals surface area contributed by atoms with Crippen LogP contribution in [0.4, 0.5) is 5.69 Å². The van der Waals surface area contributed by atoms with E-state index in [0.29, 0.717) is 5.69 Å². The largest absolute Gasteiger partial charge is 0.464 e. The molecule has 0 bridgehead atoms. The summed E-state index contributed by atoms with van der Waals surface area (Å²) in [5, 5.41) is 2.48. The van der Waals surface area contributed by atoms with Crippen molar-refractivity contribution in [2.45, 2.75) is 19.9 Å². The van der Waals surface area contributed by atoms with Gasteiger partial charge in [-0.1, -0.05) is 0 Å². The number of ether oxygens (including phenoxy) is 1. The summed E-state index contributed by atoms with van der Waals surface area (Å²) < 4.78 is 4.77. The Hall–Kier alpha value is -2.11. The molecule has 0 saturated carbocycles. The van der Waals surface area contributed by atoms with Crippen molar-refractivity contribution in [3.05, 3.63) is 24.0 Å². The van der Waals surface area contributed by atoms with E-state index in [9.17, 15) is 9.59 Å². The van der Waals surface area contributed by atoms with Gasteiger partial charge in [0.1, 0.15) is 11.7 Å². The lowest BCUT2D eigenvalue weighted by Crippen LogP contribution is -2.39. The number of hydrogen-bond acceptors (Lipinski definition) is 5. The third-order valence-corrected chi connectivity index (χ3v) is 2.01. The fourth-order valence-corrected chi connectivity index (χ4v) is 1.14. The molecule has 1 aromatic rings. The molecule has 0 aliphatic carbocycles. The van der Waals surface area contributed by atoms with Gasteiger partial charge >= 0.3 is 5.97 Å². The van der Waals surface area contributed by atoms with Gasteiger partial charge in [-0.3, -0.25) is 4.79 Å². The van der Waals surface area contributed by atoms with Crippen molar-refractivity contribution < 1.29 is 14.3 Å². The SMILES string of the molecule is CCOC(=O)C(C)NC(=O)c1ccc(N)cn1. The van der Waals surface area contributed by atoms with Crippen molar-refractivity contribution in [1.82, 2.24) is 10.3 Å². The third kappa shape index (κ3) is 3.75. The molecular weight excluding hydrogens is 222 g/mol. The number of rotatable bonds is 4. The topological polar surface area (TPSA) is 94.3 Å². The standard InChI is InChI=1S/C11H15N3O3/c1-3-17-11(16)7(2)14-10(15)9-5-4-8(12)6-13-9/h4-7H,3,12H2,1-2H3,(H,14,15). The van der Waals surface area contributed by atoms with Gasteiger partial charge < -0.3 is 15.8 Å². The fourth-order valence-electron chi connectivity index (χ4n) is 1.14. The highest BCUT2D eigenvalue weighted by Crippen LogP contribution is 2.01. The number of nitrogens with one attached hydrogen (secondary N) is 1. The van der Waals surface area contributed by atoms with E-state index in [4.69, 9.17) is 10.5 Å². The Balaban J connectivity index is 2.60. The highest BCUT2D eigenvalue weighted by Gasteiger charge is 2.17. The van der Waals surface area contributed by atoms with Crippen LogP contribution >= 0.6 is 0 Å². The van der Waals surface area contributed by atoms with Crippen LogP contribution in [0.15, 0.2) is 18.3 Å². The van der Waals surface area contributed by atoms with Gasteiger partial charge in [-0.15, -0.1) is 0 Å². The lowest BCUT2D eigenvalue weighted by molar-refractivity contribution is -0.144. The molecule has 3 N–H and O–H groups in total. The van der Waals surface area contributed by atoms with Gasteiger partial charge in [0.15, 0.2) is 0 Å². The minimum Gasteiger partial charge on any atom is -0.464 e. The van der Waals surface area contributed by atoms with Crippen molar-refractivity contribution in [1.29, 1.82) is 0 Å². The first-order valence-electron chi connectivity index (χ1n) is 5.23. The van der Waals surface area contributed by atoms with Gasteiger partial charge in [-0.25, -0.2) is 9.78 Å². The van der Waals surface area contributed by atoms with E-state index in [1.54, 1.807) is 19.9 Å².